The van der Waals surface area contributed by atoms with E-state index in [4.69, 9.17) is 4.98 Å². The summed E-state index contributed by atoms with van der Waals surface area (Å²) in [6.45, 7) is 4.91. The number of rotatable bonds is 3. The number of nitrogens with zero attached hydrogens (tertiary/aromatic N) is 5. The van der Waals surface area contributed by atoms with E-state index in [0.29, 0.717) is 13.1 Å². The van der Waals surface area contributed by atoms with Crippen molar-refractivity contribution < 1.29 is 4.79 Å². The Labute approximate surface area is 167 Å². The van der Waals surface area contributed by atoms with Crippen LogP contribution in [0.1, 0.15) is 12.8 Å². The summed E-state index contributed by atoms with van der Waals surface area (Å²) in [7, 11) is 0. The molecular weight excluding hydrogens is 408 g/mol. The van der Waals surface area contributed by atoms with Gasteiger partial charge in [0.25, 0.3) is 0 Å². The highest BCUT2D eigenvalue weighted by Gasteiger charge is 2.23. The van der Waals surface area contributed by atoms with Crippen LogP contribution in [0.5, 0.6) is 0 Å². The maximum atomic E-state index is 12.5. The predicted molar refractivity (Wildman–Crippen MR) is 110 cm³/mol. The molecule has 4 rings (SSSR count). The molecule has 0 radical (unpaired) electrons. The van der Waals surface area contributed by atoms with E-state index < -0.39 is 0 Å². The monoisotopic (exact) mass is 430 g/mol. The van der Waals surface area contributed by atoms with Crippen molar-refractivity contribution in [2.24, 2.45) is 0 Å². The fourth-order valence-electron chi connectivity index (χ4n) is 3.46. The Morgan fingerprint density at radius 3 is 2.33 bits per heavy atom. The van der Waals surface area contributed by atoms with Crippen LogP contribution < -0.4 is 15.1 Å². The summed E-state index contributed by atoms with van der Waals surface area (Å²) in [4.78, 5) is 28.0. The lowest BCUT2D eigenvalue weighted by molar-refractivity contribution is 0.208. The quantitative estimate of drug-likeness (QED) is 0.809. The van der Waals surface area contributed by atoms with Crippen LogP contribution in [0.25, 0.3) is 0 Å². The Morgan fingerprint density at radius 1 is 0.926 bits per heavy atom. The van der Waals surface area contributed by atoms with Gasteiger partial charge in [0.15, 0.2) is 0 Å². The minimum Gasteiger partial charge on any atom is -0.356 e. The third-order valence-electron chi connectivity index (χ3n) is 5.00. The summed E-state index contributed by atoms with van der Waals surface area (Å²) in [6.07, 6.45) is 4.29. The Hall–Kier alpha value is -2.35. The van der Waals surface area contributed by atoms with E-state index in [-0.39, 0.29) is 6.03 Å². The molecule has 0 aliphatic carbocycles. The Bertz CT molecular complexity index is 785. The predicted octanol–water partition coefficient (Wildman–Crippen LogP) is 3.19. The summed E-state index contributed by atoms with van der Waals surface area (Å²) in [6, 6.07) is 9.52. The number of benzene rings is 1. The first-order valence-electron chi connectivity index (χ1n) is 9.33. The van der Waals surface area contributed by atoms with Crippen LogP contribution in [0.4, 0.5) is 22.2 Å². The van der Waals surface area contributed by atoms with Crippen LogP contribution in [-0.2, 0) is 0 Å². The van der Waals surface area contributed by atoms with Gasteiger partial charge < -0.3 is 20.0 Å². The zero-order valence-electron chi connectivity index (χ0n) is 15.1. The van der Waals surface area contributed by atoms with Gasteiger partial charge in [0.1, 0.15) is 5.82 Å². The largest absolute Gasteiger partial charge is 0.356 e. The zero-order chi connectivity index (χ0) is 18.6. The Kier molecular flexibility index (Phi) is 5.42. The number of hydrogen-bond donors (Lipinski definition) is 1. The lowest BCUT2D eigenvalue weighted by Crippen LogP contribution is -2.50. The molecule has 2 saturated heterocycles. The van der Waals surface area contributed by atoms with Crippen molar-refractivity contribution in [2.75, 3.05) is 54.4 Å². The van der Waals surface area contributed by atoms with Crippen molar-refractivity contribution in [1.29, 1.82) is 0 Å². The first kappa shape index (κ1) is 18.0. The standard InChI is InChI=1S/C19H23BrN6O/c20-15-3-5-16(6-4-15)22-19(27)26-13-11-25(12-14-26)18-21-8-7-17(23-18)24-9-1-2-10-24/h3-8H,1-2,9-14H2,(H,22,27). The van der Waals surface area contributed by atoms with Crippen molar-refractivity contribution in [1.82, 2.24) is 14.9 Å². The van der Waals surface area contributed by atoms with E-state index in [1.165, 1.54) is 12.8 Å². The highest BCUT2D eigenvalue weighted by atomic mass is 79.9. The number of piperazine rings is 1. The van der Waals surface area contributed by atoms with E-state index >= 15 is 0 Å². The lowest BCUT2D eigenvalue weighted by atomic mass is 10.3. The number of anilines is 3. The number of urea groups is 1. The molecule has 1 aromatic heterocycles. The third kappa shape index (κ3) is 4.32. The van der Waals surface area contributed by atoms with Crippen LogP contribution in [0.15, 0.2) is 41.0 Å². The number of amides is 2. The molecule has 0 bridgehead atoms. The zero-order valence-corrected chi connectivity index (χ0v) is 16.7. The van der Waals surface area contributed by atoms with Crippen LogP contribution in [0.3, 0.4) is 0 Å². The molecule has 0 saturated carbocycles. The first-order valence-corrected chi connectivity index (χ1v) is 10.1. The fourth-order valence-corrected chi connectivity index (χ4v) is 3.72. The van der Waals surface area contributed by atoms with E-state index in [1.54, 1.807) is 0 Å². The second-order valence-corrected chi connectivity index (χ2v) is 7.74. The van der Waals surface area contributed by atoms with Crippen molar-refractivity contribution in [2.45, 2.75) is 12.8 Å². The van der Waals surface area contributed by atoms with E-state index in [9.17, 15) is 4.79 Å². The van der Waals surface area contributed by atoms with Crippen LogP contribution >= 0.6 is 15.9 Å². The van der Waals surface area contributed by atoms with Crippen molar-refractivity contribution in [3.05, 3.63) is 41.0 Å². The maximum absolute atomic E-state index is 12.5. The second kappa shape index (κ2) is 8.12. The number of hydrogen-bond acceptors (Lipinski definition) is 5. The minimum atomic E-state index is -0.0660. The third-order valence-corrected chi connectivity index (χ3v) is 5.53. The van der Waals surface area contributed by atoms with Gasteiger partial charge in [-0.1, -0.05) is 15.9 Å². The summed E-state index contributed by atoms with van der Waals surface area (Å²) >= 11 is 3.40. The topological polar surface area (TPSA) is 64.6 Å². The van der Waals surface area contributed by atoms with Crippen LogP contribution in [0.2, 0.25) is 0 Å². The smallest absolute Gasteiger partial charge is 0.321 e. The Morgan fingerprint density at radius 2 is 1.63 bits per heavy atom. The molecule has 0 atom stereocenters. The van der Waals surface area contributed by atoms with Gasteiger partial charge in [0.2, 0.25) is 5.95 Å². The number of aromatic nitrogens is 2. The average Bonchev–Trinajstić information content (AvgIpc) is 3.25. The van der Waals surface area contributed by atoms with E-state index in [1.807, 2.05) is 41.4 Å². The second-order valence-electron chi connectivity index (χ2n) is 6.82. The lowest BCUT2D eigenvalue weighted by Gasteiger charge is -2.35. The van der Waals surface area contributed by atoms with Crippen molar-refractivity contribution in [3.8, 4) is 0 Å². The molecular formula is C19H23BrN6O. The molecule has 1 aromatic carbocycles. The summed E-state index contributed by atoms with van der Waals surface area (Å²) < 4.78 is 0.991. The highest BCUT2D eigenvalue weighted by Crippen LogP contribution is 2.21. The number of carbonyl (C=O) groups excluding carboxylic acids is 1. The molecule has 2 aliphatic heterocycles. The van der Waals surface area contributed by atoms with Crippen LogP contribution in [0, 0.1) is 0 Å². The molecule has 2 aromatic rings. The Balaban J connectivity index is 1.34. The minimum absolute atomic E-state index is 0.0660. The van der Waals surface area contributed by atoms with Crippen LogP contribution in [-0.4, -0.2) is 60.2 Å². The molecule has 2 fully saturated rings. The summed E-state index contributed by atoms with van der Waals surface area (Å²) in [5.74, 6) is 1.76. The normalized spacial score (nSPS) is 17.3. The first-order chi connectivity index (χ1) is 13.2. The molecule has 3 heterocycles. The summed E-state index contributed by atoms with van der Waals surface area (Å²) in [5, 5.41) is 2.95. The fraction of sp³-hybridized carbons (Fsp3) is 0.421. The van der Waals surface area contributed by atoms with Crippen molar-refractivity contribution in [3.63, 3.8) is 0 Å². The molecule has 2 amide bonds. The molecule has 1 N–H and O–H groups in total. The van der Waals surface area contributed by atoms with E-state index in [2.05, 4.69) is 36.0 Å². The van der Waals surface area contributed by atoms with Gasteiger partial charge in [0.05, 0.1) is 0 Å². The molecule has 2 aliphatic rings. The van der Waals surface area contributed by atoms with Gasteiger partial charge >= 0.3 is 6.03 Å². The van der Waals surface area contributed by atoms with Gasteiger partial charge in [-0.3, -0.25) is 0 Å². The molecule has 7 nitrogen and oxygen atoms in total. The molecule has 0 unspecified atom stereocenters. The van der Waals surface area contributed by atoms with E-state index in [0.717, 1.165) is 48.1 Å². The van der Waals surface area contributed by atoms with Gasteiger partial charge in [0, 0.05) is 55.6 Å². The number of carbonyl (C=O) groups is 1. The molecule has 142 valence electrons. The summed E-state index contributed by atoms with van der Waals surface area (Å²) in [5.41, 5.74) is 0.798. The molecule has 8 heteroatoms. The maximum Gasteiger partial charge on any atom is 0.321 e. The average molecular weight is 431 g/mol. The van der Waals surface area contributed by atoms with Gasteiger partial charge in [-0.25, -0.2) is 9.78 Å². The number of halogens is 1. The SMILES string of the molecule is O=C(Nc1ccc(Br)cc1)N1CCN(c2nccc(N3CCCC3)n2)CC1. The van der Waals surface area contributed by atoms with Gasteiger partial charge in [-0.2, -0.15) is 4.98 Å². The van der Waals surface area contributed by atoms with Gasteiger partial charge in [-0.05, 0) is 43.2 Å². The van der Waals surface area contributed by atoms with Crippen molar-refractivity contribution >= 4 is 39.4 Å². The molecule has 27 heavy (non-hydrogen) atoms. The number of nitrogens with one attached hydrogen (secondary N) is 1. The molecule has 0 spiro atoms. The van der Waals surface area contributed by atoms with Gasteiger partial charge in [-0.15, -0.1) is 0 Å². The highest BCUT2D eigenvalue weighted by molar-refractivity contribution is 9.10.